The third kappa shape index (κ3) is 3.24. The first kappa shape index (κ1) is 18.1. The van der Waals surface area contributed by atoms with Gasteiger partial charge >= 0.3 is 0 Å². The van der Waals surface area contributed by atoms with Crippen LogP contribution in [0, 0.1) is 0 Å². The summed E-state index contributed by atoms with van der Waals surface area (Å²) >= 11 is 0. The van der Waals surface area contributed by atoms with Gasteiger partial charge in [-0.2, -0.15) is 0 Å². The summed E-state index contributed by atoms with van der Waals surface area (Å²) in [5.41, 5.74) is 2.45. The fraction of sp³-hybridized carbons (Fsp3) is 0.526. The molecule has 0 saturated carbocycles. The van der Waals surface area contributed by atoms with Crippen LogP contribution in [-0.4, -0.2) is 71.0 Å². The first-order valence-corrected chi connectivity index (χ1v) is 9.30. The molecule has 3 atom stereocenters. The van der Waals surface area contributed by atoms with E-state index in [-0.39, 0.29) is 24.3 Å². The van der Waals surface area contributed by atoms with Crippen molar-refractivity contribution in [2.24, 2.45) is 0 Å². The second-order valence-corrected chi connectivity index (χ2v) is 7.56. The Morgan fingerprint density at radius 3 is 2.78 bits per heavy atom. The van der Waals surface area contributed by atoms with Crippen molar-refractivity contribution in [2.45, 2.75) is 44.1 Å². The van der Waals surface area contributed by atoms with Crippen molar-refractivity contribution in [1.82, 2.24) is 20.4 Å². The number of rotatable bonds is 4. The van der Waals surface area contributed by atoms with Gasteiger partial charge in [-0.1, -0.05) is 18.2 Å². The average Bonchev–Trinajstić information content (AvgIpc) is 3.19. The highest BCUT2D eigenvalue weighted by Gasteiger charge is 2.40. The Hall–Kier alpha value is -2.29. The maximum absolute atomic E-state index is 13.1. The first-order chi connectivity index (χ1) is 13.0. The van der Waals surface area contributed by atoms with Crippen molar-refractivity contribution in [3.8, 4) is 0 Å². The lowest BCUT2D eigenvalue weighted by Crippen LogP contribution is -2.52. The van der Waals surface area contributed by atoms with Crippen LogP contribution in [0.5, 0.6) is 0 Å². The predicted octanol–water partition coefficient (Wildman–Crippen LogP) is -0.788. The fourth-order valence-electron chi connectivity index (χ4n) is 4.31. The van der Waals surface area contributed by atoms with Crippen LogP contribution in [0.2, 0.25) is 0 Å². The molecule has 2 saturated heterocycles. The number of amides is 3. The smallest absolute Gasteiger partial charge is 0.255 e. The molecule has 0 aliphatic carbocycles. The van der Waals surface area contributed by atoms with Gasteiger partial charge in [0.25, 0.3) is 5.91 Å². The minimum Gasteiger partial charge on any atom is -0.390 e. The summed E-state index contributed by atoms with van der Waals surface area (Å²) in [5, 5.41) is 15.6. The molecule has 3 N–H and O–H groups in total. The standard InChI is InChI=1S/C19H24N4O4/c1-22(14-7-20-8-15(14)24)9-11-3-2-4-12-10-23(19(27)17(11)12)13-5-6-16(25)21-18(13)26/h2-4,13-15,20,24H,5-10H2,1H3,(H,21,25,26)/t13?,14-,15-/m1/s1. The van der Waals surface area contributed by atoms with Gasteiger partial charge in [0, 0.05) is 44.2 Å². The zero-order chi connectivity index (χ0) is 19.1. The van der Waals surface area contributed by atoms with E-state index in [1.165, 1.54) is 0 Å². The normalized spacial score (nSPS) is 28.0. The third-order valence-corrected chi connectivity index (χ3v) is 5.78. The lowest BCUT2D eigenvalue weighted by molar-refractivity contribution is -0.136. The molecule has 3 amide bonds. The number of hydrogen-bond donors (Lipinski definition) is 3. The number of carbonyl (C=O) groups excluding carboxylic acids is 3. The second kappa shape index (κ2) is 7.03. The number of carbonyl (C=O) groups is 3. The van der Waals surface area contributed by atoms with E-state index in [1.54, 1.807) is 4.90 Å². The molecular formula is C19H24N4O4. The SMILES string of the molecule is CN(Cc1cccc2c1C(=O)N(C1CCC(=O)NC1=O)C2)[C@@H]1CNC[C@H]1O. The number of aliphatic hydroxyl groups excluding tert-OH is 1. The van der Waals surface area contributed by atoms with Crippen molar-refractivity contribution in [3.05, 3.63) is 34.9 Å². The van der Waals surface area contributed by atoms with Gasteiger partial charge < -0.3 is 15.3 Å². The highest BCUT2D eigenvalue weighted by molar-refractivity contribution is 6.05. The maximum Gasteiger partial charge on any atom is 0.255 e. The Morgan fingerprint density at radius 2 is 2.07 bits per heavy atom. The minimum atomic E-state index is -0.603. The van der Waals surface area contributed by atoms with Gasteiger partial charge in [0.1, 0.15) is 6.04 Å². The molecular weight excluding hydrogens is 348 g/mol. The molecule has 0 aromatic heterocycles. The van der Waals surface area contributed by atoms with Crippen LogP contribution in [0.15, 0.2) is 18.2 Å². The molecule has 0 spiro atoms. The Bertz CT molecular complexity index is 796. The molecule has 27 heavy (non-hydrogen) atoms. The number of fused-ring (bicyclic) bond motifs is 1. The highest BCUT2D eigenvalue weighted by atomic mass is 16.3. The van der Waals surface area contributed by atoms with Crippen LogP contribution in [0.25, 0.3) is 0 Å². The first-order valence-electron chi connectivity index (χ1n) is 9.30. The highest BCUT2D eigenvalue weighted by Crippen LogP contribution is 2.30. The van der Waals surface area contributed by atoms with Crippen molar-refractivity contribution < 1.29 is 19.5 Å². The molecule has 1 aromatic carbocycles. The fourth-order valence-corrected chi connectivity index (χ4v) is 4.31. The lowest BCUT2D eigenvalue weighted by atomic mass is 10.0. The van der Waals surface area contributed by atoms with E-state index in [9.17, 15) is 19.5 Å². The molecule has 8 heteroatoms. The van der Waals surface area contributed by atoms with E-state index < -0.39 is 18.1 Å². The number of likely N-dealkylation sites (N-methyl/N-ethyl adjacent to an activating group) is 1. The Balaban J connectivity index is 1.55. The van der Waals surface area contributed by atoms with Crippen LogP contribution in [0.1, 0.15) is 34.3 Å². The van der Waals surface area contributed by atoms with E-state index in [0.29, 0.717) is 38.2 Å². The zero-order valence-corrected chi connectivity index (χ0v) is 15.3. The van der Waals surface area contributed by atoms with Gasteiger partial charge in [0.05, 0.1) is 6.10 Å². The summed E-state index contributed by atoms with van der Waals surface area (Å²) in [5.74, 6) is -0.841. The van der Waals surface area contributed by atoms with Gasteiger partial charge in [-0.25, -0.2) is 0 Å². The van der Waals surface area contributed by atoms with E-state index in [1.807, 2.05) is 25.2 Å². The molecule has 4 rings (SSSR count). The van der Waals surface area contributed by atoms with Crippen LogP contribution in [0.4, 0.5) is 0 Å². The van der Waals surface area contributed by atoms with E-state index in [0.717, 1.165) is 11.1 Å². The Morgan fingerprint density at radius 1 is 1.26 bits per heavy atom. The number of aliphatic hydroxyl groups is 1. The predicted molar refractivity (Wildman–Crippen MR) is 96.6 cm³/mol. The van der Waals surface area contributed by atoms with Crippen molar-refractivity contribution in [3.63, 3.8) is 0 Å². The molecule has 0 bridgehead atoms. The zero-order valence-electron chi connectivity index (χ0n) is 15.3. The topological polar surface area (TPSA) is 102 Å². The largest absolute Gasteiger partial charge is 0.390 e. The monoisotopic (exact) mass is 372 g/mol. The lowest BCUT2D eigenvalue weighted by Gasteiger charge is -2.29. The van der Waals surface area contributed by atoms with Crippen LogP contribution < -0.4 is 10.6 Å². The van der Waals surface area contributed by atoms with Crippen molar-refractivity contribution >= 4 is 17.7 Å². The van der Waals surface area contributed by atoms with E-state index in [2.05, 4.69) is 15.5 Å². The maximum atomic E-state index is 13.1. The summed E-state index contributed by atoms with van der Waals surface area (Å²) in [6.07, 6.45) is 0.181. The molecule has 1 unspecified atom stereocenters. The summed E-state index contributed by atoms with van der Waals surface area (Å²) < 4.78 is 0. The van der Waals surface area contributed by atoms with Gasteiger partial charge in [0.2, 0.25) is 11.8 Å². The van der Waals surface area contributed by atoms with E-state index >= 15 is 0 Å². The molecule has 2 fully saturated rings. The third-order valence-electron chi connectivity index (χ3n) is 5.78. The number of nitrogens with one attached hydrogen (secondary N) is 2. The van der Waals surface area contributed by atoms with Crippen LogP contribution >= 0.6 is 0 Å². The molecule has 1 aromatic rings. The molecule has 0 radical (unpaired) electrons. The summed E-state index contributed by atoms with van der Waals surface area (Å²) in [6.45, 7) is 2.21. The number of imide groups is 1. The number of β-amino-alcohol motifs (C(OH)–C–C–N with tert-alkyl or cyclic N) is 1. The average molecular weight is 372 g/mol. The second-order valence-electron chi connectivity index (χ2n) is 7.56. The van der Waals surface area contributed by atoms with Gasteiger partial charge in [-0.3, -0.25) is 24.6 Å². The van der Waals surface area contributed by atoms with Gasteiger partial charge in [-0.15, -0.1) is 0 Å². The molecule has 3 aliphatic heterocycles. The number of nitrogens with zero attached hydrogens (tertiary/aromatic N) is 2. The van der Waals surface area contributed by atoms with Crippen molar-refractivity contribution in [2.75, 3.05) is 20.1 Å². The van der Waals surface area contributed by atoms with Gasteiger partial charge in [-0.05, 0) is 24.6 Å². The Kier molecular flexibility index (Phi) is 4.71. The number of piperidine rings is 1. The van der Waals surface area contributed by atoms with Gasteiger partial charge in [0.15, 0.2) is 0 Å². The van der Waals surface area contributed by atoms with E-state index in [4.69, 9.17) is 0 Å². The Labute approximate surface area is 157 Å². The molecule has 3 heterocycles. The van der Waals surface area contributed by atoms with Crippen molar-refractivity contribution in [1.29, 1.82) is 0 Å². The van der Waals surface area contributed by atoms with Crippen LogP contribution in [-0.2, 0) is 22.7 Å². The number of benzene rings is 1. The summed E-state index contributed by atoms with van der Waals surface area (Å²) in [7, 11) is 1.94. The summed E-state index contributed by atoms with van der Waals surface area (Å²) in [4.78, 5) is 40.3. The van der Waals surface area contributed by atoms with Crippen LogP contribution in [0.3, 0.4) is 0 Å². The molecule has 3 aliphatic rings. The summed E-state index contributed by atoms with van der Waals surface area (Å²) in [6, 6.07) is 5.16. The minimum absolute atomic E-state index is 0.00333. The molecule has 144 valence electrons. The quantitative estimate of drug-likeness (QED) is 0.599. The molecule has 8 nitrogen and oxygen atoms in total. The number of hydrogen-bond acceptors (Lipinski definition) is 6.